The number of rotatable bonds is 3. The van der Waals surface area contributed by atoms with Gasteiger partial charge in [0.1, 0.15) is 0 Å². The maximum Gasteiger partial charge on any atom is 0.168 e. The van der Waals surface area contributed by atoms with Crippen molar-refractivity contribution in [1.82, 2.24) is 0 Å². The summed E-state index contributed by atoms with van der Waals surface area (Å²) in [7, 11) is 0. The highest BCUT2D eigenvalue weighted by Crippen LogP contribution is 2.26. The van der Waals surface area contributed by atoms with Gasteiger partial charge in [-0.3, -0.25) is 4.79 Å². The topological polar surface area (TPSA) is 17.1 Å². The smallest absolute Gasteiger partial charge is 0.168 e. The van der Waals surface area contributed by atoms with Gasteiger partial charge in [0.15, 0.2) is 5.78 Å². The van der Waals surface area contributed by atoms with E-state index in [1.165, 1.54) is 11.1 Å². The Balaban J connectivity index is 2.28. The maximum absolute atomic E-state index is 12.4. The molecule has 0 unspecified atom stereocenters. The Hall–Kier alpha value is -0.930. The van der Waals surface area contributed by atoms with Gasteiger partial charge in [-0.15, -0.1) is 0 Å². The zero-order chi connectivity index (χ0) is 14.9. The van der Waals surface area contributed by atoms with Crippen molar-refractivity contribution >= 4 is 37.6 Å². The first-order valence-corrected chi connectivity index (χ1v) is 8.02. The number of hydrogen-bond acceptors (Lipinski definition) is 1. The van der Waals surface area contributed by atoms with Gasteiger partial charge < -0.3 is 0 Å². The van der Waals surface area contributed by atoms with E-state index in [-0.39, 0.29) is 5.78 Å². The molecule has 0 aliphatic carbocycles. The molecule has 0 heterocycles. The van der Waals surface area contributed by atoms with E-state index in [1.807, 2.05) is 25.1 Å². The van der Waals surface area contributed by atoms with Crippen molar-refractivity contribution in [3.05, 3.63) is 67.1 Å². The molecule has 1 nitrogen and oxygen atoms in total. The minimum absolute atomic E-state index is 0.126. The number of halogens is 2. The van der Waals surface area contributed by atoms with Crippen LogP contribution in [0.25, 0.3) is 0 Å². The molecule has 0 aliphatic heterocycles. The molecule has 0 aromatic heterocycles. The molecule has 0 N–H and O–H groups in total. The number of Topliss-reactive ketones (excluding diaryl/α,β-unsaturated/α-hetero) is 1. The Labute approximate surface area is 136 Å². The average Bonchev–Trinajstić information content (AvgIpc) is 2.38. The lowest BCUT2D eigenvalue weighted by Gasteiger charge is -2.08. The van der Waals surface area contributed by atoms with Gasteiger partial charge in [-0.2, -0.15) is 0 Å². The van der Waals surface area contributed by atoms with Gasteiger partial charge >= 0.3 is 0 Å². The summed E-state index contributed by atoms with van der Waals surface area (Å²) in [5, 5.41) is 0. The lowest BCUT2D eigenvalue weighted by atomic mass is 9.99. The quantitative estimate of drug-likeness (QED) is 0.621. The molecule has 0 bridgehead atoms. The lowest BCUT2D eigenvalue weighted by molar-refractivity contribution is 0.0992. The van der Waals surface area contributed by atoms with Crippen LogP contribution in [0.4, 0.5) is 0 Å². The number of benzene rings is 2. The first kappa shape index (κ1) is 15.5. The third kappa shape index (κ3) is 3.39. The summed E-state index contributed by atoms with van der Waals surface area (Å²) in [5.74, 6) is 0.126. The van der Waals surface area contributed by atoms with Crippen LogP contribution in [-0.2, 0) is 6.42 Å². The van der Waals surface area contributed by atoms with Crippen molar-refractivity contribution in [3.63, 3.8) is 0 Å². The Morgan fingerprint density at radius 3 is 2.25 bits per heavy atom. The second-order valence-electron chi connectivity index (χ2n) is 5.10. The van der Waals surface area contributed by atoms with Crippen molar-refractivity contribution < 1.29 is 4.79 Å². The van der Waals surface area contributed by atoms with E-state index in [0.29, 0.717) is 6.42 Å². The van der Waals surface area contributed by atoms with E-state index in [9.17, 15) is 4.79 Å². The molecule has 2 aromatic carbocycles. The highest BCUT2D eigenvalue weighted by molar-refractivity contribution is 9.11. The van der Waals surface area contributed by atoms with Crippen LogP contribution in [0.2, 0.25) is 0 Å². The first-order chi connectivity index (χ1) is 9.38. The normalized spacial score (nSPS) is 10.7. The van der Waals surface area contributed by atoms with E-state index in [2.05, 4.69) is 57.8 Å². The first-order valence-electron chi connectivity index (χ1n) is 6.43. The summed E-state index contributed by atoms with van der Waals surface area (Å²) in [4.78, 5) is 12.4. The fraction of sp³-hybridized carbons (Fsp3) is 0.235. The van der Waals surface area contributed by atoms with E-state index in [0.717, 1.165) is 25.6 Å². The molecular formula is C17H16Br2O. The lowest BCUT2D eigenvalue weighted by Crippen LogP contribution is -2.05. The van der Waals surface area contributed by atoms with E-state index >= 15 is 0 Å². The molecule has 0 atom stereocenters. The summed E-state index contributed by atoms with van der Waals surface area (Å²) in [6.07, 6.45) is 0.426. The largest absolute Gasteiger partial charge is 0.294 e. The zero-order valence-electron chi connectivity index (χ0n) is 11.8. The molecule has 3 heteroatoms. The fourth-order valence-corrected chi connectivity index (χ4v) is 3.08. The van der Waals surface area contributed by atoms with Crippen LogP contribution in [0.3, 0.4) is 0 Å². The van der Waals surface area contributed by atoms with Gasteiger partial charge in [0.2, 0.25) is 0 Å². The number of aryl methyl sites for hydroxylation is 3. The van der Waals surface area contributed by atoms with Crippen molar-refractivity contribution in [2.24, 2.45) is 0 Å². The second-order valence-corrected chi connectivity index (χ2v) is 6.81. The monoisotopic (exact) mass is 394 g/mol. The van der Waals surface area contributed by atoms with Crippen LogP contribution < -0.4 is 0 Å². The predicted octanol–water partition coefficient (Wildman–Crippen LogP) is 5.56. The number of ketones is 1. The highest BCUT2D eigenvalue weighted by Gasteiger charge is 2.13. The van der Waals surface area contributed by atoms with Crippen molar-refractivity contribution in [3.8, 4) is 0 Å². The molecule has 0 amide bonds. The summed E-state index contributed by atoms with van der Waals surface area (Å²) in [5.41, 5.74) is 5.36. The van der Waals surface area contributed by atoms with Crippen molar-refractivity contribution in [2.75, 3.05) is 0 Å². The second kappa shape index (κ2) is 6.23. The van der Waals surface area contributed by atoms with E-state index in [1.54, 1.807) is 0 Å². The summed E-state index contributed by atoms with van der Waals surface area (Å²) < 4.78 is 1.82. The molecule has 0 saturated heterocycles. The Kier molecular flexibility index (Phi) is 4.82. The molecule has 0 saturated carbocycles. The molecule has 0 fully saturated rings. The fourth-order valence-electron chi connectivity index (χ4n) is 2.05. The molecular weight excluding hydrogens is 380 g/mol. The van der Waals surface area contributed by atoms with Crippen molar-refractivity contribution in [1.29, 1.82) is 0 Å². The third-order valence-electron chi connectivity index (χ3n) is 3.48. The Morgan fingerprint density at radius 2 is 1.60 bits per heavy atom. The average molecular weight is 396 g/mol. The summed E-state index contributed by atoms with van der Waals surface area (Å²) in [6, 6.07) is 10.0. The maximum atomic E-state index is 12.4. The molecule has 0 aliphatic rings. The molecule has 2 rings (SSSR count). The number of hydrogen-bond donors (Lipinski definition) is 0. The Morgan fingerprint density at radius 1 is 0.900 bits per heavy atom. The van der Waals surface area contributed by atoms with Crippen LogP contribution in [0.5, 0.6) is 0 Å². The zero-order valence-corrected chi connectivity index (χ0v) is 14.9. The Bertz CT molecular complexity index is 675. The van der Waals surface area contributed by atoms with Gasteiger partial charge in [0.25, 0.3) is 0 Å². The third-order valence-corrected chi connectivity index (χ3v) is 5.00. The van der Waals surface area contributed by atoms with Gasteiger partial charge in [0.05, 0.1) is 0 Å². The summed E-state index contributed by atoms with van der Waals surface area (Å²) >= 11 is 6.96. The van der Waals surface area contributed by atoms with Gasteiger partial charge in [0, 0.05) is 20.9 Å². The van der Waals surface area contributed by atoms with Crippen LogP contribution >= 0.6 is 31.9 Å². The predicted molar refractivity (Wildman–Crippen MR) is 90.5 cm³/mol. The standard InChI is InChI=1S/C17H16Br2O/c1-10-4-5-13(6-11(10)2)8-17(20)14-9-15(18)12(3)7-16(14)19/h4-7,9H,8H2,1-3H3. The summed E-state index contributed by atoms with van der Waals surface area (Å²) in [6.45, 7) is 6.16. The van der Waals surface area contributed by atoms with Gasteiger partial charge in [-0.25, -0.2) is 0 Å². The number of carbonyl (C=O) groups excluding carboxylic acids is 1. The van der Waals surface area contributed by atoms with Gasteiger partial charge in [-0.1, -0.05) is 50.1 Å². The molecule has 0 spiro atoms. The molecule has 20 heavy (non-hydrogen) atoms. The SMILES string of the molecule is Cc1ccc(CC(=O)c2cc(Br)c(C)cc2Br)cc1C. The number of carbonyl (C=O) groups is 1. The van der Waals surface area contributed by atoms with Crippen LogP contribution in [0.15, 0.2) is 39.3 Å². The highest BCUT2D eigenvalue weighted by atomic mass is 79.9. The minimum atomic E-state index is 0.126. The van der Waals surface area contributed by atoms with E-state index in [4.69, 9.17) is 0 Å². The van der Waals surface area contributed by atoms with Crippen LogP contribution in [0.1, 0.15) is 32.6 Å². The molecule has 0 radical (unpaired) electrons. The van der Waals surface area contributed by atoms with E-state index < -0.39 is 0 Å². The van der Waals surface area contributed by atoms with Gasteiger partial charge in [-0.05, 0) is 55.2 Å². The molecule has 2 aromatic rings. The minimum Gasteiger partial charge on any atom is -0.294 e. The molecule has 104 valence electrons. The van der Waals surface area contributed by atoms with Crippen LogP contribution in [0, 0.1) is 20.8 Å². The van der Waals surface area contributed by atoms with Crippen LogP contribution in [-0.4, -0.2) is 5.78 Å². The van der Waals surface area contributed by atoms with Crippen molar-refractivity contribution in [2.45, 2.75) is 27.2 Å².